The van der Waals surface area contributed by atoms with E-state index in [4.69, 9.17) is 4.74 Å². The molecule has 9 heteroatoms. The van der Waals surface area contributed by atoms with E-state index in [9.17, 15) is 14.3 Å². The third-order valence-electron chi connectivity index (χ3n) is 5.38. The first-order chi connectivity index (χ1) is 14.8. The minimum atomic E-state index is -1.46. The van der Waals surface area contributed by atoms with Crippen LogP contribution in [0, 0.1) is 0 Å². The summed E-state index contributed by atoms with van der Waals surface area (Å²) in [6.07, 6.45) is 4.95. The Kier molecular flexibility index (Phi) is 5.86. The van der Waals surface area contributed by atoms with E-state index in [1.165, 1.54) is 19.3 Å². The molecule has 1 fully saturated rings. The average molecular weight is 427 g/mol. The number of alkyl halides is 1. The van der Waals surface area contributed by atoms with Crippen molar-refractivity contribution >= 4 is 16.9 Å². The fraction of sp³-hybridized carbons (Fsp3) is 0.455. The molecule has 3 atom stereocenters. The predicted molar refractivity (Wildman–Crippen MR) is 113 cm³/mol. The van der Waals surface area contributed by atoms with Crippen molar-refractivity contribution in [2.45, 2.75) is 64.6 Å². The van der Waals surface area contributed by atoms with Crippen LogP contribution in [-0.4, -0.2) is 49.3 Å². The summed E-state index contributed by atoms with van der Waals surface area (Å²) in [5.41, 5.74) is 2.93. The van der Waals surface area contributed by atoms with Gasteiger partial charge in [-0.3, -0.25) is 19.4 Å². The Labute approximate surface area is 179 Å². The topological polar surface area (TPSA) is 102 Å². The number of fused-ring (bicyclic) bond motifs is 1. The standard InChI is InChI=1S/C22H26FN5O3/c1-12(2)28-18-8-15(22(30)26-17-5-4-6-19(17)29)10-25-21(18)20(27-28)14-7-16(11-24-9-14)31-13(3)23/h7-13,17,19,29H,4-6H2,1-3H3,(H,26,30)/t13?,17-,19+/m0/s1. The van der Waals surface area contributed by atoms with Crippen LogP contribution in [0.4, 0.5) is 4.39 Å². The Bertz CT molecular complexity index is 1100. The first-order valence-corrected chi connectivity index (χ1v) is 10.5. The van der Waals surface area contributed by atoms with Crippen LogP contribution in [-0.2, 0) is 0 Å². The van der Waals surface area contributed by atoms with E-state index in [1.54, 1.807) is 23.0 Å². The molecule has 3 aromatic rings. The van der Waals surface area contributed by atoms with Crippen molar-refractivity contribution in [2.75, 3.05) is 0 Å². The van der Waals surface area contributed by atoms with Crippen LogP contribution >= 0.6 is 0 Å². The van der Waals surface area contributed by atoms with Gasteiger partial charge >= 0.3 is 0 Å². The van der Waals surface area contributed by atoms with Crippen molar-refractivity contribution in [3.8, 4) is 17.0 Å². The summed E-state index contributed by atoms with van der Waals surface area (Å²) in [6, 6.07) is 3.21. The van der Waals surface area contributed by atoms with E-state index in [0.29, 0.717) is 40.0 Å². The van der Waals surface area contributed by atoms with Gasteiger partial charge in [0.1, 0.15) is 17.0 Å². The number of hydrogen-bond donors (Lipinski definition) is 2. The van der Waals surface area contributed by atoms with E-state index in [2.05, 4.69) is 20.4 Å². The van der Waals surface area contributed by atoms with Gasteiger partial charge in [-0.1, -0.05) is 0 Å². The number of nitrogens with one attached hydrogen (secondary N) is 1. The minimum absolute atomic E-state index is 0.0197. The van der Waals surface area contributed by atoms with E-state index in [1.807, 2.05) is 13.8 Å². The molecule has 1 unspecified atom stereocenters. The van der Waals surface area contributed by atoms with Crippen molar-refractivity contribution in [1.29, 1.82) is 0 Å². The minimum Gasteiger partial charge on any atom is -0.459 e. The van der Waals surface area contributed by atoms with Gasteiger partial charge in [0.15, 0.2) is 0 Å². The lowest BCUT2D eigenvalue weighted by Gasteiger charge is -2.16. The Hall–Kier alpha value is -3.07. The number of hydrogen-bond acceptors (Lipinski definition) is 6. The maximum absolute atomic E-state index is 13.2. The number of ether oxygens (including phenoxy) is 1. The predicted octanol–water partition coefficient (Wildman–Crippen LogP) is 3.41. The van der Waals surface area contributed by atoms with Crippen molar-refractivity contribution in [3.63, 3.8) is 0 Å². The number of rotatable bonds is 6. The molecule has 3 aromatic heterocycles. The maximum Gasteiger partial charge on any atom is 0.253 e. The second-order valence-corrected chi connectivity index (χ2v) is 8.13. The third-order valence-corrected chi connectivity index (χ3v) is 5.38. The summed E-state index contributed by atoms with van der Waals surface area (Å²) in [5.74, 6) is 0.0262. The molecule has 8 nitrogen and oxygen atoms in total. The van der Waals surface area contributed by atoms with Gasteiger partial charge < -0.3 is 15.2 Å². The quantitative estimate of drug-likeness (QED) is 0.625. The van der Waals surface area contributed by atoms with E-state index >= 15 is 0 Å². The number of carbonyl (C=O) groups excluding carboxylic acids is 1. The Balaban J connectivity index is 1.71. The highest BCUT2D eigenvalue weighted by atomic mass is 19.1. The molecule has 164 valence electrons. The highest BCUT2D eigenvalue weighted by Crippen LogP contribution is 2.30. The van der Waals surface area contributed by atoms with Gasteiger partial charge in [0.2, 0.25) is 6.36 Å². The number of carbonyl (C=O) groups is 1. The molecule has 1 saturated carbocycles. The summed E-state index contributed by atoms with van der Waals surface area (Å²) in [7, 11) is 0. The van der Waals surface area contributed by atoms with Crippen molar-refractivity contribution < 1.29 is 19.0 Å². The molecule has 31 heavy (non-hydrogen) atoms. The lowest BCUT2D eigenvalue weighted by Crippen LogP contribution is -2.39. The lowest BCUT2D eigenvalue weighted by atomic mass is 10.1. The summed E-state index contributed by atoms with van der Waals surface area (Å²) < 4.78 is 20.1. The monoisotopic (exact) mass is 427 g/mol. The fourth-order valence-electron chi connectivity index (χ4n) is 3.89. The molecule has 4 rings (SSSR count). The summed E-state index contributed by atoms with van der Waals surface area (Å²) >= 11 is 0. The van der Waals surface area contributed by atoms with Gasteiger partial charge in [0.25, 0.3) is 5.91 Å². The summed E-state index contributed by atoms with van der Waals surface area (Å²) in [6.45, 7) is 5.27. The van der Waals surface area contributed by atoms with Crippen LogP contribution in [0.3, 0.4) is 0 Å². The van der Waals surface area contributed by atoms with E-state index in [-0.39, 0.29) is 18.0 Å². The van der Waals surface area contributed by atoms with Crippen molar-refractivity contribution in [2.24, 2.45) is 0 Å². The number of aliphatic hydroxyl groups excluding tert-OH is 1. The molecule has 2 N–H and O–H groups in total. The lowest BCUT2D eigenvalue weighted by molar-refractivity contribution is 0.0855. The molecule has 1 aliphatic rings. The Morgan fingerprint density at radius 1 is 1.26 bits per heavy atom. The Morgan fingerprint density at radius 3 is 2.74 bits per heavy atom. The first kappa shape index (κ1) is 21.2. The molecule has 3 heterocycles. The number of aliphatic hydroxyl groups is 1. The van der Waals surface area contributed by atoms with Crippen molar-refractivity contribution in [3.05, 3.63) is 36.3 Å². The van der Waals surface area contributed by atoms with Crippen LogP contribution in [0.1, 0.15) is 56.4 Å². The number of amides is 1. The number of halogens is 1. The van der Waals surface area contributed by atoms with Crippen LogP contribution in [0.5, 0.6) is 5.75 Å². The first-order valence-electron chi connectivity index (χ1n) is 10.5. The van der Waals surface area contributed by atoms with Crippen LogP contribution in [0.2, 0.25) is 0 Å². The Morgan fingerprint density at radius 2 is 2.06 bits per heavy atom. The fourth-order valence-corrected chi connectivity index (χ4v) is 3.89. The van der Waals surface area contributed by atoms with Gasteiger partial charge in [0.05, 0.1) is 29.4 Å². The largest absolute Gasteiger partial charge is 0.459 e. The average Bonchev–Trinajstić information content (AvgIpc) is 3.30. The van der Waals surface area contributed by atoms with Gasteiger partial charge in [-0.15, -0.1) is 0 Å². The second kappa shape index (κ2) is 8.58. The summed E-state index contributed by atoms with van der Waals surface area (Å²) in [4.78, 5) is 21.4. The van der Waals surface area contributed by atoms with Gasteiger partial charge in [0, 0.05) is 30.9 Å². The molecular weight excluding hydrogens is 401 g/mol. The summed E-state index contributed by atoms with van der Waals surface area (Å²) in [5, 5.41) is 17.6. The number of nitrogens with zero attached hydrogens (tertiary/aromatic N) is 4. The maximum atomic E-state index is 13.2. The van der Waals surface area contributed by atoms with Crippen molar-refractivity contribution in [1.82, 2.24) is 25.1 Å². The van der Waals surface area contributed by atoms with Crippen LogP contribution < -0.4 is 10.1 Å². The van der Waals surface area contributed by atoms with Gasteiger partial charge in [-0.2, -0.15) is 5.10 Å². The second-order valence-electron chi connectivity index (χ2n) is 8.13. The molecule has 0 spiro atoms. The smallest absolute Gasteiger partial charge is 0.253 e. The molecule has 1 aliphatic carbocycles. The third kappa shape index (κ3) is 4.36. The number of pyridine rings is 2. The van der Waals surface area contributed by atoms with Crippen LogP contribution in [0.15, 0.2) is 30.7 Å². The molecule has 0 aliphatic heterocycles. The van der Waals surface area contributed by atoms with E-state index < -0.39 is 12.5 Å². The number of aromatic nitrogens is 4. The molecule has 0 aromatic carbocycles. The molecule has 0 bridgehead atoms. The van der Waals surface area contributed by atoms with E-state index in [0.717, 1.165) is 12.8 Å². The molecule has 1 amide bonds. The molecule has 0 saturated heterocycles. The zero-order valence-corrected chi connectivity index (χ0v) is 17.7. The zero-order chi connectivity index (χ0) is 22.1. The highest BCUT2D eigenvalue weighted by molar-refractivity contribution is 5.99. The van der Waals surface area contributed by atoms with Gasteiger partial charge in [-0.25, -0.2) is 4.39 Å². The SMILES string of the molecule is CC(F)Oc1cncc(-c2nn(C(C)C)c3cc(C(=O)N[C@H]4CCC[C@H]4O)cnc23)c1. The molecule has 0 radical (unpaired) electrons. The highest BCUT2D eigenvalue weighted by Gasteiger charge is 2.27. The normalized spacial score (nSPS) is 19.7. The van der Waals surface area contributed by atoms with Crippen LogP contribution in [0.25, 0.3) is 22.3 Å². The van der Waals surface area contributed by atoms with Gasteiger partial charge in [-0.05, 0) is 45.2 Å². The zero-order valence-electron chi connectivity index (χ0n) is 17.7. The molecular formula is C22H26FN5O3.